The molecule has 1 aliphatic rings. The Morgan fingerprint density at radius 1 is 1.50 bits per heavy atom. The molecule has 1 atom stereocenters. The summed E-state index contributed by atoms with van der Waals surface area (Å²) in [6, 6.07) is 0. The fourth-order valence-electron chi connectivity index (χ4n) is 1.72. The minimum atomic E-state index is -3.07. The molecule has 0 spiro atoms. The van der Waals surface area contributed by atoms with Crippen molar-refractivity contribution < 1.29 is 8.42 Å². The van der Waals surface area contributed by atoms with E-state index in [9.17, 15) is 8.42 Å². The number of sulfonamides is 1. The van der Waals surface area contributed by atoms with Crippen molar-refractivity contribution in [2.45, 2.75) is 18.9 Å². The van der Waals surface area contributed by atoms with Crippen molar-refractivity contribution in [2.75, 3.05) is 26.4 Å². The first kappa shape index (κ1) is 9.95. The predicted molar refractivity (Wildman–Crippen MR) is 48.5 cm³/mol. The van der Waals surface area contributed by atoms with E-state index in [0.29, 0.717) is 0 Å². The van der Waals surface area contributed by atoms with Gasteiger partial charge in [0.15, 0.2) is 0 Å². The number of rotatable bonds is 2. The van der Waals surface area contributed by atoms with Gasteiger partial charge < -0.3 is 4.90 Å². The van der Waals surface area contributed by atoms with Crippen LogP contribution in [0, 0.1) is 0 Å². The zero-order valence-corrected chi connectivity index (χ0v) is 8.61. The first-order chi connectivity index (χ1) is 5.31. The molecule has 0 bridgehead atoms. The van der Waals surface area contributed by atoms with Crippen LogP contribution in [0.4, 0.5) is 0 Å². The van der Waals surface area contributed by atoms with Gasteiger partial charge in [0.1, 0.15) is 0 Å². The van der Waals surface area contributed by atoms with Crippen molar-refractivity contribution in [3.05, 3.63) is 0 Å². The second kappa shape index (κ2) is 2.97. The van der Waals surface area contributed by atoms with E-state index in [0.717, 1.165) is 19.5 Å². The van der Waals surface area contributed by atoms with Gasteiger partial charge in [0, 0.05) is 12.1 Å². The minimum absolute atomic E-state index is 0.262. The Labute approximate surface area is 74.0 Å². The van der Waals surface area contributed by atoms with Gasteiger partial charge >= 0.3 is 0 Å². The van der Waals surface area contributed by atoms with E-state index in [4.69, 9.17) is 0 Å². The van der Waals surface area contributed by atoms with Crippen LogP contribution >= 0.6 is 0 Å². The average Bonchev–Trinajstić information content (AvgIpc) is 2.05. The molecule has 0 radical (unpaired) electrons. The minimum Gasteiger partial charge on any atom is -0.304 e. The lowest BCUT2D eigenvalue weighted by molar-refractivity contribution is 0.365. The van der Waals surface area contributed by atoms with Crippen LogP contribution in [0.1, 0.15) is 13.3 Å². The smallest absolute Gasteiger partial charge is 0.209 e. The fraction of sp³-hybridized carbons (Fsp3) is 1.00. The summed E-state index contributed by atoms with van der Waals surface area (Å²) in [4.78, 5) is 2.12. The van der Waals surface area contributed by atoms with Crippen LogP contribution < -0.4 is 4.72 Å². The summed E-state index contributed by atoms with van der Waals surface area (Å²) in [6.07, 6.45) is 2.09. The summed E-state index contributed by atoms with van der Waals surface area (Å²) in [5.74, 6) is 0. The molecule has 0 aromatic carbocycles. The molecule has 0 aromatic heterocycles. The van der Waals surface area contributed by atoms with Crippen molar-refractivity contribution in [3.8, 4) is 0 Å². The monoisotopic (exact) mass is 192 g/mol. The average molecular weight is 192 g/mol. The van der Waals surface area contributed by atoms with Crippen molar-refractivity contribution in [1.82, 2.24) is 9.62 Å². The highest BCUT2D eigenvalue weighted by Crippen LogP contribution is 2.19. The molecule has 0 aliphatic carbocycles. The van der Waals surface area contributed by atoms with Crippen LogP contribution in [0.25, 0.3) is 0 Å². The molecular weight excluding hydrogens is 176 g/mol. The Morgan fingerprint density at radius 3 is 2.42 bits per heavy atom. The number of hydrogen-bond acceptors (Lipinski definition) is 3. The first-order valence-corrected chi connectivity index (χ1v) is 5.87. The lowest BCUT2D eigenvalue weighted by Gasteiger charge is -2.23. The third-order valence-electron chi connectivity index (χ3n) is 2.10. The third kappa shape index (κ3) is 2.73. The Kier molecular flexibility index (Phi) is 2.47. The van der Waals surface area contributed by atoms with Gasteiger partial charge in [-0.15, -0.1) is 0 Å². The Balaban J connectivity index is 2.63. The second-order valence-corrected chi connectivity index (χ2v) is 5.67. The molecule has 1 aliphatic heterocycles. The van der Waals surface area contributed by atoms with E-state index in [-0.39, 0.29) is 5.54 Å². The topological polar surface area (TPSA) is 49.4 Å². The van der Waals surface area contributed by atoms with E-state index in [1.165, 1.54) is 6.26 Å². The van der Waals surface area contributed by atoms with Crippen molar-refractivity contribution in [3.63, 3.8) is 0 Å². The Morgan fingerprint density at radius 2 is 2.08 bits per heavy atom. The highest BCUT2D eigenvalue weighted by molar-refractivity contribution is 7.88. The summed E-state index contributed by atoms with van der Waals surface area (Å²) in [7, 11) is -1.07. The lowest BCUT2D eigenvalue weighted by atomic mass is 10.0. The molecule has 1 N–H and O–H groups in total. The van der Waals surface area contributed by atoms with E-state index in [2.05, 4.69) is 9.62 Å². The summed E-state index contributed by atoms with van der Waals surface area (Å²) in [6.45, 7) is 3.69. The summed E-state index contributed by atoms with van der Waals surface area (Å²) in [5.41, 5.74) is -0.262. The predicted octanol–water partition coefficient (Wildman–Crippen LogP) is -0.370. The number of nitrogens with zero attached hydrogens (tertiary/aromatic N) is 1. The quantitative estimate of drug-likeness (QED) is 0.649. The van der Waals surface area contributed by atoms with Crippen molar-refractivity contribution in [1.29, 1.82) is 0 Å². The van der Waals surface area contributed by atoms with Gasteiger partial charge in [-0.25, -0.2) is 13.1 Å². The molecule has 1 rings (SSSR count). The molecule has 1 unspecified atom stereocenters. The van der Waals surface area contributed by atoms with Crippen LogP contribution in [0.3, 0.4) is 0 Å². The molecule has 72 valence electrons. The fourth-order valence-corrected chi connectivity index (χ4v) is 2.78. The molecule has 1 heterocycles. The number of likely N-dealkylation sites (tertiary alicyclic amines) is 1. The molecule has 0 saturated carbocycles. The summed E-state index contributed by atoms with van der Waals surface area (Å²) in [5, 5.41) is 0. The molecule has 1 saturated heterocycles. The second-order valence-electron chi connectivity index (χ2n) is 3.92. The summed E-state index contributed by atoms with van der Waals surface area (Å²) >= 11 is 0. The highest BCUT2D eigenvalue weighted by Gasteiger charge is 2.34. The van der Waals surface area contributed by atoms with Crippen LogP contribution in [-0.4, -0.2) is 45.2 Å². The largest absolute Gasteiger partial charge is 0.304 e. The molecule has 4 nitrogen and oxygen atoms in total. The lowest BCUT2D eigenvalue weighted by Crippen LogP contribution is -2.47. The molecule has 5 heteroatoms. The molecule has 12 heavy (non-hydrogen) atoms. The van der Waals surface area contributed by atoms with Gasteiger partial charge in [0.2, 0.25) is 10.0 Å². The Bertz CT molecular complexity index is 263. The van der Waals surface area contributed by atoms with Gasteiger partial charge in [-0.3, -0.25) is 0 Å². The van der Waals surface area contributed by atoms with Crippen LogP contribution in [0.2, 0.25) is 0 Å². The number of nitrogens with one attached hydrogen (secondary N) is 1. The Hall–Kier alpha value is -0.130. The van der Waals surface area contributed by atoms with Gasteiger partial charge in [-0.2, -0.15) is 0 Å². The van der Waals surface area contributed by atoms with E-state index in [1.54, 1.807) is 0 Å². The van der Waals surface area contributed by atoms with Crippen molar-refractivity contribution >= 4 is 10.0 Å². The van der Waals surface area contributed by atoms with E-state index in [1.807, 2.05) is 14.0 Å². The zero-order chi connectivity index (χ0) is 9.41. The maximum Gasteiger partial charge on any atom is 0.209 e. The first-order valence-electron chi connectivity index (χ1n) is 3.98. The van der Waals surface area contributed by atoms with E-state index < -0.39 is 10.0 Å². The van der Waals surface area contributed by atoms with E-state index >= 15 is 0 Å². The third-order valence-corrected chi connectivity index (χ3v) is 2.96. The molecule has 0 aromatic rings. The highest BCUT2D eigenvalue weighted by atomic mass is 32.2. The van der Waals surface area contributed by atoms with Crippen LogP contribution in [0.15, 0.2) is 0 Å². The standard InChI is InChI=1S/C7H16N2O2S/c1-7(8-12(3,10)11)4-5-9(2)6-7/h8H,4-6H2,1-3H3. The molecular formula is C7H16N2O2S. The number of likely N-dealkylation sites (N-methyl/N-ethyl adjacent to an activating group) is 1. The molecule has 1 fully saturated rings. The van der Waals surface area contributed by atoms with Gasteiger partial charge in [0.25, 0.3) is 0 Å². The van der Waals surface area contributed by atoms with Gasteiger partial charge in [-0.1, -0.05) is 0 Å². The van der Waals surface area contributed by atoms with Gasteiger partial charge in [-0.05, 0) is 26.9 Å². The number of hydrogen-bond donors (Lipinski definition) is 1. The summed E-state index contributed by atoms with van der Waals surface area (Å²) < 4.78 is 24.6. The van der Waals surface area contributed by atoms with Crippen molar-refractivity contribution in [2.24, 2.45) is 0 Å². The maximum atomic E-state index is 11.0. The van der Waals surface area contributed by atoms with Crippen LogP contribution in [0.5, 0.6) is 0 Å². The normalized spacial score (nSPS) is 32.6. The zero-order valence-electron chi connectivity index (χ0n) is 7.79. The van der Waals surface area contributed by atoms with Crippen LogP contribution in [-0.2, 0) is 10.0 Å². The maximum absolute atomic E-state index is 11.0. The molecule has 0 amide bonds. The van der Waals surface area contributed by atoms with Gasteiger partial charge in [0.05, 0.1) is 6.26 Å². The SMILES string of the molecule is CN1CCC(C)(NS(C)(=O)=O)C1.